The maximum atomic E-state index is 13.1. The van der Waals surface area contributed by atoms with E-state index < -0.39 is 5.54 Å². The first-order chi connectivity index (χ1) is 10.5. The lowest BCUT2D eigenvalue weighted by molar-refractivity contribution is -0.152. The van der Waals surface area contributed by atoms with Gasteiger partial charge in [-0.15, -0.1) is 6.58 Å². The van der Waals surface area contributed by atoms with Crippen LogP contribution in [0.2, 0.25) is 0 Å². The van der Waals surface area contributed by atoms with Crippen molar-refractivity contribution in [3.05, 3.63) is 12.7 Å². The van der Waals surface area contributed by atoms with Crippen molar-refractivity contribution >= 4 is 11.8 Å². The summed E-state index contributed by atoms with van der Waals surface area (Å²) >= 11 is 0. The molecule has 2 rings (SSSR count). The Kier molecular flexibility index (Phi) is 5.24. The van der Waals surface area contributed by atoms with Crippen LogP contribution < -0.4 is 0 Å². The van der Waals surface area contributed by atoms with Crippen LogP contribution in [0.4, 0.5) is 0 Å². The molecule has 0 bridgehead atoms. The molecule has 2 aliphatic heterocycles. The Labute approximate surface area is 132 Å². The number of carbonyl (C=O) groups excluding carboxylic acids is 2. The molecule has 1 spiro atoms. The monoisotopic (exact) mass is 309 g/mol. The summed E-state index contributed by atoms with van der Waals surface area (Å²) in [6.45, 7) is 11.2. The SMILES string of the molecule is C=CCN1CCN(C(C)C)C(=O)C12CCN(C(=O)COC)C2. The largest absolute Gasteiger partial charge is 0.375 e. The number of hydrogen-bond acceptors (Lipinski definition) is 4. The van der Waals surface area contributed by atoms with Crippen molar-refractivity contribution in [2.45, 2.75) is 31.8 Å². The molecule has 2 saturated heterocycles. The number of amides is 2. The highest BCUT2D eigenvalue weighted by Crippen LogP contribution is 2.33. The molecule has 0 saturated carbocycles. The van der Waals surface area contributed by atoms with E-state index in [9.17, 15) is 9.59 Å². The number of methoxy groups -OCH3 is 1. The summed E-state index contributed by atoms with van der Waals surface area (Å²) in [6.07, 6.45) is 2.51. The van der Waals surface area contributed by atoms with Crippen molar-refractivity contribution in [1.29, 1.82) is 0 Å². The van der Waals surface area contributed by atoms with Crippen molar-refractivity contribution in [2.75, 3.05) is 46.4 Å². The fraction of sp³-hybridized carbons (Fsp3) is 0.750. The summed E-state index contributed by atoms with van der Waals surface area (Å²) < 4.78 is 4.94. The van der Waals surface area contributed by atoms with Crippen molar-refractivity contribution < 1.29 is 14.3 Å². The summed E-state index contributed by atoms with van der Waals surface area (Å²) in [5, 5.41) is 0. The van der Waals surface area contributed by atoms with Crippen molar-refractivity contribution in [2.24, 2.45) is 0 Å². The average molecular weight is 309 g/mol. The van der Waals surface area contributed by atoms with Gasteiger partial charge in [0.2, 0.25) is 11.8 Å². The summed E-state index contributed by atoms with van der Waals surface area (Å²) in [7, 11) is 1.51. The van der Waals surface area contributed by atoms with Crippen molar-refractivity contribution in [1.82, 2.24) is 14.7 Å². The molecule has 0 aromatic rings. The van der Waals surface area contributed by atoms with E-state index in [1.54, 1.807) is 4.90 Å². The van der Waals surface area contributed by atoms with Gasteiger partial charge in [0.05, 0.1) is 0 Å². The van der Waals surface area contributed by atoms with E-state index in [-0.39, 0.29) is 24.5 Å². The first-order valence-electron chi connectivity index (χ1n) is 7.90. The van der Waals surface area contributed by atoms with E-state index in [1.165, 1.54) is 7.11 Å². The van der Waals surface area contributed by atoms with Gasteiger partial charge in [0.1, 0.15) is 12.1 Å². The minimum Gasteiger partial charge on any atom is -0.375 e. The molecular weight excluding hydrogens is 282 g/mol. The van der Waals surface area contributed by atoms with E-state index in [1.807, 2.05) is 24.8 Å². The summed E-state index contributed by atoms with van der Waals surface area (Å²) in [4.78, 5) is 31.0. The number of nitrogens with zero attached hydrogens (tertiary/aromatic N) is 3. The first kappa shape index (κ1) is 17.0. The normalized spacial score (nSPS) is 26.3. The minimum atomic E-state index is -0.597. The van der Waals surface area contributed by atoms with Crippen LogP contribution in [0.5, 0.6) is 0 Å². The molecule has 6 nitrogen and oxygen atoms in total. The third kappa shape index (κ3) is 2.90. The third-order valence-corrected chi connectivity index (χ3v) is 4.72. The van der Waals surface area contributed by atoms with Crippen LogP contribution >= 0.6 is 0 Å². The van der Waals surface area contributed by atoms with Gasteiger partial charge in [-0.3, -0.25) is 14.5 Å². The van der Waals surface area contributed by atoms with E-state index in [2.05, 4.69) is 11.5 Å². The lowest BCUT2D eigenvalue weighted by atomic mass is 9.90. The Morgan fingerprint density at radius 3 is 2.73 bits per heavy atom. The zero-order valence-electron chi connectivity index (χ0n) is 13.9. The molecule has 1 unspecified atom stereocenters. The smallest absolute Gasteiger partial charge is 0.248 e. The zero-order chi connectivity index (χ0) is 16.3. The molecule has 2 fully saturated rings. The van der Waals surface area contributed by atoms with Crippen molar-refractivity contribution in [3.8, 4) is 0 Å². The Bertz CT molecular complexity index is 452. The Morgan fingerprint density at radius 2 is 2.14 bits per heavy atom. The lowest BCUT2D eigenvalue weighted by Gasteiger charge is -2.48. The van der Waals surface area contributed by atoms with Crippen LogP contribution in [0, 0.1) is 0 Å². The topological polar surface area (TPSA) is 53.1 Å². The Hall–Kier alpha value is -1.40. The standard InChI is InChI=1S/C16H27N3O3/c1-5-7-18-9-10-19(13(2)3)15(21)16(18)6-8-17(12-16)14(20)11-22-4/h5,13H,1,6-12H2,2-4H3. The van der Waals surface area contributed by atoms with Crippen LogP contribution in [-0.2, 0) is 14.3 Å². The molecule has 0 aromatic heterocycles. The Balaban J connectivity index is 2.23. The zero-order valence-corrected chi connectivity index (χ0v) is 13.9. The molecule has 2 aliphatic rings. The molecule has 1 atom stereocenters. The van der Waals surface area contributed by atoms with Gasteiger partial charge in [-0.05, 0) is 20.3 Å². The highest BCUT2D eigenvalue weighted by Gasteiger charge is 2.53. The molecule has 6 heteroatoms. The summed E-state index contributed by atoms with van der Waals surface area (Å²) in [6, 6.07) is 0.180. The number of carbonyl (C=O) groups is 2. The maximum Gasteiger partial charge on any atom is 0.248 e. The quantitative estimate of drug-likeness (QED) is 0.687. The molecular formula is C16H27N3O3. The van der Waals surface area contributed by atoms with Crippen LogP contribution in [0.15, 0.2) is 12.7 Å². The summed E-state index contributed by atoms with van der Waals surface area (Å²) in [5.74, 6) is 0.0933. The highest BCUT2D eigenvalue weighted by molar-refractivity contribution is 5.90. The molecule has 2 amide bonds. The maximum absolute atomic E-state index is 13.1. The molecule has 0 radical (unpaired) electrons. The van der Waals surface area contributed by atoms with E-state index in [0.717, 1.165) is 13.1 Å². The van der Waals surface area contributed by atoms with E-state index in [0.29, 0.717) is 26.1 Å². The number of rotatable bonds is 5. The van der Waals surface area contributed by atoms with E-state index in [4.69, 9.17) is 4.74 Å². The molecule has 22 heavy (non-hydrogen) atoms. The average Bonchev–Trinajstić information content (AvgIpc) is 2.91. The van der Waals surface area contributed by atoms with Gasteiger partial charge in [0.25, 0.3) is 0 Å². The van der Waals surface area contributed by atoms with Gasteiger partial charge >= 0.3 is 0 Å². The van der Waals surface area contributed by atoms with Gasteiger partial charge in [-0.25, -0.2) is 0 Å². The van der Waals surface area contributed by atoms with Crippen molar-refractivity contribution in [3.63, 3.8) is 0 Å². The predicted molar refractivity (Wildman–Crippen MR) is 84.4 cm³/mol. The first-order valence-corrected chi connectivity index (χ1v) is 7.90. The highest BCUT2D eigenvalue weighted by atomic mass is 16.5. The van der Waals surface area contributed by atoms with Gasteiger partial charge < -0.3 is 14.5 Å². The lowest BCUT2D eigenvalue weighted by Crippen LogP contribution is -2.68. The minimum absolute atomic E-state index is 0.0487. The van der Waals surface area contributed by atoms with Gasteiger partial charge in [0.15, 0.2) is 0 Å². The van der Waals surface area contributed by atoms with Gasteiger partial charge in [-0.2, -0.15) is 0 Å². The number of piperazine rings is 1. The molecule has 0 aromatic carbocycles. The molecule has 0 N–H and O–H groups in total. The molecule has 0 aliphatic carbocycles. The van der Waals surface area contributed by atoms with Crippen LogP contribution in [0.3, 0.4) is 0 Å². The fourth-order valence-corrected chi connectivity index (χ4v) is 3.52. The third-order valence-electron chi connectivity index (χ3n) is 4.72. The number of hydrogen-bond donors (Lipinski definition) is 0. The number of ether oxygens (including phenoxy) is 1. The second-order valence-corrected chi connectivity index (χ2v) is 6.36. The van der Waals surface area contributed by atoms with Crippen LogP contribution in [0.25, 0.3) is 0 Å². The van der Waals surface area contributed by atoms with E-state index >= 15 is 0 Å². The predicted octanol–water partition coefficient (Wildman–Crippen LogP) is 0.343. The van der Waals surface area contributed by atoms with Crippen LogP contribution in [-0.4, -0.2) is 84.5 Å². The molecule has 124 valence electrons. The second kappa shape index (κ2) is 6.79. The fourth-order valence-electron chi connectivity index (χ4n) is 3.52. The van der Waals surface area contributed by atoms with Gasteiger partial charge in [0, 0.05) is 45.9 Å². The Morgan fingerprint density at radius 1 is 1.41 bits per heavy atom. The molecule has 2 heterocycles. The van der Waals surface area contributed by atoms with Crippen LogP contribution in [0.1, 0.15) is 20.3 Å². The number of likely N-dealkylation sites (tertiary alicyclic amines) is 1. The second-order valence-electron chi connectivity index (χ2n) is 6.36. The summed E-state index contributed by atoms with van der Waals surface area (Å²) in [5.41, 5.74) is -0.597. The van der Waals surface area contributed by atoms with Gasteiger partial charge in [-0.1, -0.05) is 6.08 Å².